The highest BCUT2D eigenvalue weighted by atomic mass is 79.9. The fraction of sp³-hybridized carbons (Fsp3) is 0.400. The number of aryl methyl sites for hydroxylation is 1. The maximum Gasteiger partial charge on any atom is 0.0227 e. The third kappa shape index (κ3) is 3.88. The average Bonchev–Trinajstić information content (AvgIpc) is 1.93. The first kappa shape index (κ1) is 11.7. The second-order valence-corrected chi connectivity index (χ2v) is 3.22. The van der Waals surface area contributed by atoms with Crippen molar-refractivity contribution in [2.75, 3.05) is 14.1 Å². The number of hydrogen-bond donors (Lipinski definition) is 0. The zero-order chi connectivity index (χ0) is 8.27. The molecular formula is C10H16BrN. The van der Waals surface area contributed by atoms with Gasteiger partial charge in [0.1, 0.15) is 0 Å². The molecule has 0 atom stereocenters. The van der Waals surface area contributed by atoms with Crippen molar-refractivity contribution in [2.24, 2.45) is 0 Å². The summed E-state index contributed by atoms with van der Waals surface area (Å²) in [6, 6.07) is 8.66. The molecule has 2 heteroatoms. The third-order valence-corrected chi connectivity index (χ3v) is 1.62. The molecule has 0 aliphatic rings. The van der Waals surface area contributed by atoms with Crippen molar-refractivity contribution in [3.05, 3.63) is 35.4 Å². The fourth-order valence-corrected chi connectivity index (χ4v) is 1.06. The molecule has 68 valence electrons. The standard InChI is InChI=1S/C10H15N.BrH/c1-9-4-6-10(7-5-9)8-11(2)3;/h4-7H,8H2,1-3H3;1H. The van der Waals surface area contributed by atoms with Crippen LogP contribution in [0.1, 0.15) is 11.1 Å². The van der Waals surface area contributed by atoms with E-state index in [0.717, 1.165) is 6.54 Å². The predicted octanol–water partition coefficient (Wildman–Crippen LogP) is 2.63. The van der Waals surface area contributed by atoms with E-state index in [-0.39, 0.29) is 17.0 Å². The van der Waals surface area contributed by atoms with E-state index in [9.17, 15) is 0 Å². The van der Waals surface area contributed by atoms with Crippen LogP contribution in [0, 0.1) is 6.92 Å². The lowest BCUT2D eigenvalue weighted by Crippen LogP contribution is -2.10. The van der Waals surface area contributed by atoms with Crippen molar-refractivity contribution in [1.82, 2.24) is 4.90 Å². The zero-order valence-corrected chi connectivity index (χ0v) is 9.59. The smallest absolute Gasteiger partial charge is 0.0227 e. The summed E-state index contributed by atoms with van der Waals surface area (Å²) in [6.07, 6.45) is 0. The number of rotatable bonds is 2. The van der Waals surface area contributed by atoms with Crippen LogP contribution >= 0.6 is 17.0 Å². The molecule has 0 N–H and O–H groups in total. The van der Waals surface area contributed by atoms with Gasteiger partial charge in [-0.05, 0) is 26.6 Å². The Balaban J connectivity index is 0.00000121. The minimum Gasteiger partial charge on any atom is -0.305 e. The number of hydrogen-bond acceptors (Lipinski definition) is 1. The van der Waals surface area contributed by atoms with Crippen LogP contribution in [-0.4, -0.2) is 19.0 Å². The average molecular weight is 230 g/mol. The van der Waals surface area contributed by atoms with Gasteiger partial charge < -0.3 is 4.90 Å². The van der Waals surface area contributed by atoms with Crippen LogP contribution in [0.25, 0.3) is 0 Å². The van der Waals surface area contributed by atoms with Crippen molar-refractivity contribution in [3.8, 4) is 0 Å². The second kappa shape index (κ2) is 5.33. The molecule has 0 spiro atoms. The maximum atomic E-state index is 2.18. The van der Waals surface area contributed by atoms with Gasteiger partial charge in [-0.15, -0.1) is 17.0 Å². The molecule has 0 fully saturated rings. The molecule has 0 aliphatic heterocycles. The van der Waals surface area contributed by atoms with Crippen LogP contribution in [0.5, 0.6) is 0 Å². The Morgan fingerprint density at radius 2 is 1.58 bits per heavy atom. The molecule has 0 aliphatic carbocycles. The summed E-state index contributed by atoms with van der Waals surface area (Å²) < 4.78 is 0. The van der Waals surface area contributed by atoms with E-state index in [4.69, 9.17) is 0 Å². The summed E-state index contributed by atoms with van der Waals surface area (Å²) in [6.45, 7) is 3.14. The van der Waals surface area contributed by atoms with E-state index >= 15 is 0 Å². The van der Waals surface area contributed by atoms with Crippen molar-refractivity contribution >= 4 is 17.0 Å². The predicted molar refractivity (Wildman–Crippen MR) is 58.9 cm³/mol. The zero-order valence-electron chi connectivity index (χ0n) is 7.87. The summed E-state index contributed by atoms with van der Waals surface area (Å²) in [4.78, 5) is 2.17. The summed E-state index contributed by atoms with van der Waals surface area (Å²) in [5.74, 6) is 0. The van der Waals surface area contributed by atoms with Gasteiger partial charge in [0, 0.05) is 6.54 Å². The molecule has 1 aromatic rings. The Morgan fingerprint density at radius 3 is 2.00 bits per heavy atom. The van der Waals surface area contributed by atoms with Gasteiger partial charge in [-0.1, -0.05) is 29.8 Å². The van der Waals surface area contributed by atoms with Gasteiger partial charge in [-0.2, -0.15) is 0 Å². The molecule has 0 amide bonds. The normalized spacial score (nSPS) is 9.67. The first-order valence-corrected chi connectivity index (χ1v) is 3.89. The van der Waals surface area contributed by atoms with Crippen LogP contribution in [0.4, 0.5) is 0 Å². The summed E-state index contributed by atoms with van der Waals surface area (Å²) in [7, 11) is 4.17. The maximum absolute atomic E-state index is 2.18. The summed E-state index contributed by atoms with van der Waals surface area (Å²) >= 11 is 0. The van der Waals surface area contributed by atoms with E-state index in [1.54, 1.807) is 0 Å². The van der Waals surface area contributed by atoms with E-state index in [1.807, 2.05) is 0 Å². The van der Waals surface area contributed by atoms with Crippen LogP contribution in [0.15, 0.2) is 24.3 Å². The Bertz CT molecular complexity index is 216. The molecule has 0 unspecified atom stereocenters. The number of benzene rings is 1. The molecular weight excluding hydrogens is 214 g/mol. The number of halogens is 1. The van der Waals surface area contributed by atoms with E-state index < -0.39 is 0 Å². The minimum atomic E-state index is 0. The quantitative estimate of drug-likeness (QED) is 0.754. The molecule has 1 aromatic carbocycles. The Labute approximate surface area is 85.2 Å². The van der Waals surface area contributed by atoms with Gasteiger partial charge >= 0.3 is 0 Å². The van der Waals surface area contributed by atoms with Gasteiger partial charge in [-0.3, -0.25) is 0 Å². The molecule has 0 saturated heterocycles. The molecule has 0 aromatic heterocycles. The van der Waals surface area contributed by atoms with Crippen LogP contribution in [0.3, 0.4) is 0 Å². The Kier molecular flexibility index (Phi) is 5.18. The van der Waals surface area contributed by atoms with Gasteiger partial charge in [0.2, 0.25) is 0 Å². The van der Waals surface area contributed by atoms with Crippen LogP contribution < -0.4 is 0 Å². The fourth-order valence-electron chi connectivity index (χ4n) is 1.06. The first-order chi connectivity index (χ1) is 5.18. The van der Waals surface area contributed by atoms with E-state index in [0.29, 0.717) is 0 Å². The van der Waals surface area contributed by atoms with Gasteiger partial charge in [0.05, 0.1) is 0 Å². The van der Waals surface area contributed by atoms with Gasteiger partial charge in [0.25, 0.3) is 0 Å². The van der Waals surface area contributed by atoms with Crippen LogP contribution in [-0.2, 0) is 6.54 Å². The topological polar surface area (TPSA) is 3.24 Å². The van der Waals surface area contributed by atoms with Crippen molar-refractivity contribution in [2.45, 2.75) is 13.5 Å². The highest BCUT2D eigenvalue weighted by molar-refractivity contribution is 8.93. The molecule has 12 heavy (non-hydrogen) atoms. The highest BCUT2D eigenvalue weighted by Crippen LogP contribution is 2.04. The lowest BCUT2D eigenvalue weighted by atomic mass is 10.1. The van der Waals surface area contributed by atoms with Crippen molar-refractivity contribution in [1.29, 1.82) is 0 Å². The SMILES string of the molecule is Br.Cc1ccc(CN(C)C)cc1. The van der Waals surface area contributed by atoms with Crippen molar-refractivity contribution < 1.29 is 0 Å². The molecule has 0 heterocycles. The second-order valence-electron chi connectivity index (χ2n) is 3.22. The Morgan fingerprint density at radius 1 is 1.08 bits per heavy atom. The lowest BCUT2D eigenvalue weighted by molar-refractivity contribution is 0.402. The van der Waals surface area contributed by atoms with E-state index in [2.05, 4.69) is 50.2 Å². The minimum absolute atomic E-state index is 0. The molecule has 0 bridgehead atoms. The molecule has 1 rings (SSSR count). The van der Waals surface area contributed by atoms with Gasteiger partial charge in [-0.25, -0.2) is 0 Å². The largest absolute Gasteiger partial charge is 0.305 e. The lowest BCUT2D eigenvalue weighted by Gasteiger charge is -2.08. The first-order valence-electron chi connectivity index (χ1n) is 3.89. The van der Waals surface area contributed by atoms with Crippen LogP contribution in [0.2, 0.25) is 0 Å². The highest BCUT2D eigenvalue weighted by Gasteiger charge is 1.92. The van der Waals surface area contributed by atoms with E-state index in [1.165, 1.54) is 11.1 Å². The molecule has 0 radical (unpaired) electrons. The summed E-state index contributed by atoms with van der Waals surface area (Å²) in [5.41, 5.74) is 2.70. The Hall–Kier alpha value is -0.340. The monoisotopic (exact) mass is 229 g/mol. The third-order valence-electron chi connectivity index (χ3n) is 1.62. The number of nitrogens with zero attached hydrogens (tertiary/aromatic N) is 1. The van der Waals surface area contributed by atoms with Gasteiger partial charge in [0.15, 0.2) is 0 Å². The van der Waals surface area contributed by atoms with Crippen molar-refractivity contribution in [3.63, 3.8) is 0 Å². The summed E-state index contributed by atoms with van der Waals surface area (Å²) in [5, 5.41) is 0. The molecule has 0 saturated carbocycles. The molecule has 1 nitrogen and oxygen atoms in total.